The molecule has 0 fully saturated rings. The Morgan fingerprint density at radius 1 is 1.30 bits per heavy atom. The number of hydrogen-bond donors (Lipinski definition) is 3. The van der Waals surface area contributed by atoms with Crippen LogP contribution in [0.15, 0.2) is 36.8 Å². The summed E-state index contributed by atoms with van der Waals surface area (Å²) in [6.45, 7) is 10.2. The minimum absolute atomic E-state index is 0.111. The summed E-state index contributed by atoms with van der Waals surface area (Å²) in [5.41, 5.74) is 7.00. The van der Waals surface area contributed by atoms with Crippen molar-refractivity contribution in [1.82, 2.24) is 20.1 Å². The van der Waals surface area contributed by atoms with Crippen molar-refractivity contribution < 1.29 is 23.8 Å². The Balaban J connectivity index is 1.74. The molecule has 1 unspecified atom stereocenters. The van der Waals surface area contributed by atoms with Crippen LogP contribution >= 0.6 is 11.6 Å². The van der Waals surface area contributed by atoms with Gasteiger partial charge in [-0.1, -0.05) is 18.5 Å². The van der Waals surface area contributed by atoms with Gasteiger partial charge in [-0.3, -0.25) is 9.48 Å². The van der Waals surface area contributed by atoms with Gasteiger partial charge in [-0.05, 0) is 58.9 Å². The van der Waals surface area contributed by atoms with Crippen LogP contribution < -0.4 is 15.8 Å². The SMILES string of the molecule is CCN[C@@H](CCn1cc(-c2cnc(N)c(OC(C)c3c(O)ccc(F)c3Cl)c2)cn1)C(=O)OC(C)(C)C. The van der Waals surface area contributed by atoms with E-state index in [1.54, 1.807) is 30.1 Å². The number of phenolic OH excluding ortho intramolecular Hbond substituents is 1. The molecule has 0 saturated carbocycles. The number of pyridine rings is 1. The number of ether oxygens (including phenoxy) is 2. The first kappa shape index (κ1) is 28.2. The van der Waals surface area contributed by atoms with Gasteiger partial charge < -0.3 is 25.6 Å². The number of nitrogens with one attached hydrogen (secondary N) is 1. The highest BCUT2D eigenvalue weighted by Gasteiger charge is 2.25. The van der Waals surface area contributed by atoms with Crippen molar-refractivity contribution in [3.63, 3.8) is 0 Å². The largest absolute Gasteiger partial charge is 0.507 e. The minimum Gasteiger partial charge on any atom is -0.507 e. The van der Waals surface area contributed by atoms with Crippen molar-refractivity contribution in [2.75, 3.05) is 12.3 Å². The number of aromatic nitrogens is 3. The van der Waals surface area contributed by atoms with Gasteiger partial charge in [-0.2, -0.15) is 5.10 Å². The molecular weight excluding hydrogens is 501 g/mol. The Kier molecular flexibility index (Phi) is 8.98. The fraction of sp³-hybridized carbons (Fsp3) is 0.423. The second kappa shape index (κ2) is 11.8. The van der Waals surface area contributed by atoms with Crippen molar-refractivity contribution >= 4 is 23.4 Å². The van der Waals surface area contributed by atoms with Crippen LogP contribution in [0.5, 0.6) is 11.5 Å². The van der Waals surface area contributed by atoms with Crippen LogP contribution in [0, 0.1) is 5.82 Å². The zero-order valence-corrected chi connectivity index (χ0v) is 22.3. The van der Waals surface area contributed by atoms with Gasteiger partial charge in [0.05, 0.1) is 16.8 Å². The number of rotatable bonds is 10. The lowest BCUT2D eigenvalue weighted by molar-refractivity contribution is -0.157. The summed E-state index contributed by atoms with van der Waals surface area (Å²) < 4.78 is 27.1. The molecule has 9 nitrogen and oxygen atoms in total. The van der Waals surface area contributed by atoms with Crippen molar-refractivity contribution in [1.29, 1.82) is 0 Å². The van der Waals surface area contributed by atoms with E-state index in [0.29, 0.717) is 25.1 Å². The van der Waals surface area contributed by atoms with Gasteiger partial charge in [0.25, 0.3) is 0 Å². The average molecular weight is 534 g/mol. The first-order chi connectivity index (χ1) is 17.4. The number of benzene rings is 1. The highest BCUT2D eigenvalue weighted by Crippen LogP contribution is 2.37. The molecule has 2 aromatic heterocycles. The standard InChI is InChI=1S/C26H33ClFN5O4/c1-6-30-19(25(35)37-26(3,4)5)9-10-33-14-17(13-32-33)16-11-21(24(29)31-12-16)36-15(2)22-20(34)8-7-18(28)23(22)27/h7-8,11-15,19,30,34H,6,9-10H2,1-5H3,(H2,29,31)/t15?,19-/m0/s1. The quantitative estimate of drug-likeness (QED) is 0.315. The van der Waals surface area contributed by atoms with Gasteiger partial charge in [0, 0.05) is 30.1 Å². The van der Waals surface area contributed by atoms with E-state index in [1.807, 2.05) is 33.9 Å². The third-order valence-electron chi connectivity index (χ3n) is 5.46. The van der Waals surface area contributed by atoms with Crippen LogP contribution in [-0.4, -0.2) is 44.0 Å². The first-order valence-corrected chi connectivity index (χ1v) is 12.4. The van der Waals surface area contributed by atoms with E-state index in [0.717, 1.165) is 11.6 Å². The summed E-state index contributed by atoms with van der Waals surface area (Å²) in [7, 11) is 0. The molecular formula is C26H33ClFN5O4. The maximum absolute atomic E-state index is 13.9. The minimum atomic E-state index is -0.805. The molecule has 2 atom stereocenters. The van der Waals surface area contributed by atoms with E-state index in [4.69, 9.17) is 26.8 Å². The first-order valence-electron chi connectivity index (χ1n) is 12.0. The van der Waals surface area contributed by atoms with Gasteiger partial charge in [-0.25, -0.2) is 9.37 Å². The van der Waals surface area contributed by atoms with Gasteiger partial charge in [0.1, 0.15) is 29.3 Å². The Morgan fingerprint density at radius 2 is 2.03 bits per heavy atom. The maximum atomic E-state index is 13.9. The summed E-state index contributed by atoms with van der Waals surface area (Å²) in [5, 5.41) is 17.5. The summed E-state index contributed by atoms with van der Waals surface area (Å²) in [6, 6.07) is 3.53. The van der Waals surface area contributed by atoms with Crippen LogP contribution in [-0.2, 0) is 16.1 Å². The Hall–Kier alpha value is -3.37. The number of hydrogen-bond acceptors (Lipinski definition) is 8. The van der Waals surface area contributed by atoms with Gasteiger partial charge in [0.2, 0.25) is 0 Å². The molecule has 4 N–H and O–H groups in total. The number of aryl methyl sites for hydroxylation is 1. The topological polar surface area (TPSA) is 125 Å². The molecule has 0 aliphatic rings. The lowest BCUT2D eigenvalue weighted by Gasteiger charge is -2.24. The van der Waals surface area contributed by atoms with E-state index in [-0.39, 0.29) is 33.9 Å². The molecule has 200 valence electrons. The fourth-order valence-corrected chi connectivity index (χ4v) is 4.03. The molecule has 0 saturated heterocycles. The smallest absolute Gasteiger partial charge is 0.323 e. The predicted octanol–water partition coefficient (Wildman–Crippen LogP) is 4.88. The normalized spacial score (nSPS) is 13.3. The number of aromatic hydroxyl groups is 1. The zero-order chi connectivity index (χ0) is 27.3. The van der Waals surface area contributed by atoms with Crippen molar-refractivity contribution in [3.05, 3.63) is 53.2 Å². The average Bonchev–Trinajstić information content (AvgIpc) is 3.28. The summed E-state index contributed by atoms with van der Waals surface area (Å²) in [6.07, 6.45) is 4.77. The number of carbonyl (C=O) groups is 1. The molecule has 0 radical (unpaired) electrons. The van der Waals surface area contributed by atoms with Crippen LogP contribution in [0.4, 0.5) is 10.2 Å². The Bertz CT molecular complexity index is 1240. The number of halogens is 2. The van der Waals surface area contributed by atoms with E-state index in [1.165, 1.54) is 6.07 Å². The highest BCUT2D eigenvalue weighted by molar-refractivity contribution is 6.31. The third kappa shape index (κ3) is 7.33. The number of nitrogens with two attached hydrogens (primary N) is 1. The molecule has 37 heavy (non-hydrogen) atoms. The number of likely N-dealkylation sites (N-methyl/N-ethyl adjacent to an activating group) is 1. The van der Waals surface area contributed by atoms with E-state index in [9.17, 15) is 14.3 Å². The second-order valence-corrected chi connectivity index (χ2v) is 9.96. The van der Waals surface area contributed by atoms with Crippen LogP contribution in [0.1, 0.15) is 52.7 Å². The van der Waals surface area contributed by atoms with Crippen LogP contribution in [0.3, 0.4) is 0 Å². The molecule has 1 aromatic carbocycles. The number of esters is 1. The predicted molar refractivity (Wildman–Crippen MR) is 140 cm³/mol. The van der Waals surface area contributed by atoms with Crippen LogP contribution in [0.2, 0.25) is 5.02 Å². The fourth-order valence-electron chi connectivity index (χ4n) is 3.72. The maximum Gasteiger partial charge on any atom is 0.323 e. The number of nitrogens with zero attached hydrogens (tertiary/aromatic N) is 3. The van der Waals surface area contributed by atoms with Gasteiger partial charge in [0.15, 0.2) is 11.6 Å². The molecule has 3 rings (SSSR count). The zero-order valence-electron chi connectivity index (χ0n) is 21.6. The van der Waals surface area contributed by atoms with Gasteiger partial charge in [-0.15, -0.1) is 0 Å². The third-order valence-corrected chi connectivity index (χ3v) is 5.84. The summed E-state index contributed by atoms with van der Waals surface area (Å²) in [4.78, 5) is 16.7. The number of phenols is 1. The molecule has 2 heterocycles. The van der Waals surface area contributed by atoms with Gasteiger partial charge >= 0.3 is 5.97 Å². The molecule has 11 heteroatoms. The highest BCUT2D eigenvalue weighted by atomic mass is 35.5. The van der Waals surface area contributed by atoms with Crippen molar-refractivity contribution in [2.24, 2.45) is 0 Å². The summed E-state index contributed by atoms with van der Waals surface area (Å²) in [5.74, 6) is -0.786. The van der Waals surface area contributed by atoms with E-state index < -0.39 is 23.6 Å². The van der Waals surface area contributed by atoms with E-state index in [2.05, 4.69) is 15.4 Å². The summed E-state index contributed by atoms with van der Waals surface area (Å²) >= 11 is 6.05. The monoisotopic (exact) mass is 533 g/mol. The molecule has 0 aliphatic carbocycles. The second-order valence-electron chi connectivity index (χ2n) is 9.59. The Morgan fingerprint density at radius 3 is 2.70 bits per heavy atom. The number of anilines is 1. The van der Waals surface area contributed by atoms with Crippen molar-refractivity contribution in [2.45, 2.75) is 65.3 Å². The number of carbonyl (C=O) groups excluding carboxylic acids is 1. The molecule has 0 bridgehead atoms. The Labute approximate surface area is 220 Å². The number of nitrogen functional groups attached to an aromatic ring is 1. The lowest BCUT2D eigenvalue weighted by Crippen LogP contribution is -2.41. The molecule has 0 aliphatic heterocycles. The molecule has 0 amide bonds. The molecule has 0 spiro atoms. The van der Waals surface area contributed by atoms with Crippen molar-refractivity contribution in [3.8, 4) is 22.6 Å². The van der Waals surface area contributed by atoms with Crippen LogP contribution in [0.25, 0.3) is 11.1 Å². The molecule has 3 aromatic rings. The lowest BCUT2D eigenvalue weighted by atomic mass is 10.1. The van der Waals surface area contributed by atoms with E-state index >= 15 is 0 Å².